The number of benzene rings is 2. The van der Waals surface area contributed by atoms with Crippen LogP contribution >= 0.6 is 35.1 Å². The van der Waals surface area contributed by atoms with Crippen LogP contribution in [0.5, 0.6) is 0 Å². The summed E-state index contributed by atoms with van der Waals surface area (Å²) in [5.41, 5.74) is 2.07. The molecule has 0 aromatic heterocycles. The maximum atomic E-state index is 14.1. The van der Waals surface area contributed by atoms with Crippen molar-refractivity contribution in [2.45, 2.75) is 63.2 Å². The van der Waals surface area contributed by atoms with E-state index in [2.05, 4.69) is 30.0 Å². The minimum Gasteiger partial charge on any atom is -0.311 e. The van der Waals surface area contributed by atoms with Crippen LogP contribution in [0.1, 0.15) is 58.4 Å². The van der Waals surface area contributed by atoms with Gasteiger partial charge in [0.1, 0.15) is 5.82 Å². The van der Waals surface area contributed by atoms with Crippen molar-refractivity contribution in [1.82, 2.24) is 4.90 Å². The van der Waals surface area contributed by atoms with Gasteiger partial charge in [0.2, 0.25) is 0 Å². The highest BCUT2D eigenvalue weighted by Crippen LogP contribution is 2.48. The van der Waals surface area contributed by atoms with Gasteiger partial charge < -0.3 is 9.21 Å². The Labute approximate surface area is 201 Å². The summed E-state index contributed by atoms with van der Waals surface area (Å²) in [6.07, 6.45) is 6.61. The lowest BCUT2D eigenvalue weighted by Crippen LogP contribution is -2.30. The first-order valence-electron chi connectivity index (χ1n) is 11.3. The second-order valence-corrected chi connectivity index (χ2v) is 10.5. The van der Waals surface area contributed by atoms with Crippen LogP contribution in [-0.4, -0.2) is 31.1 Å². The summed E-state index contributed by atoms with van der Waals surface area (Å²) in [6, 6.07) is 10.7. The van der Waals surface area contributed by atoms with Gasteiger partial charge in [-0.15, -0.1) is 0 Å². The second-order valence-electron chi connectivity index (χ2n) is 8.62. The highest BCUT2D eigenvalue weighted by molar-refractivity contribution is 8.00. The molecule has 6 heteroatoms. The van der Waals surface area contributed by atoms with E-state index in [0.29, 0.717) is 10.0 Å². The van der Waals surface area contributed by atoms with Crippen LogP contribution in [0.15, 0.2) is 41.3 Å². The van der Waals surface area contributed by atoms with E-state index in [0.717, 1.165) is 55.2 Å². The predicted molar refractivity (Wildman–Crippen MR) is 134 cm³/mol. The Morgan fingerprint density at radius 3 is 2.39 bits per heavy atom. The minimum absolute atomic E-state index is 0.0868. The molecule has 0 bridgehead atoms. The summed E-state index contributed by atoms with van der Waals surface area (Å²) in [5, 5.41) is 1.26. The van der Waals surface area contributed by atoms with Gasteiger partial charge in [0, 0.05) is 21.9 Å². The van der Waals surface area contributed by atoms with E-state index in [1.54, 1.807) is 24.1 Å². The van der Waals surface area contributed by atoms with Crippen molar-refractivity contribution >= 4 is 40.8 Å². The number of rotatable bonds is 8. The van der Waals surface area contributed by atoms with Crippen molar-refractivity contribution in [1.29, 1.82) is 0 Å². The summed E-state index contributed by atoms with van der Waals surface area (Å²) in [4.78, 5) is 3.39. The Morgan fingerprint density at radius 1 is 1.06 bits per heavy atom. The van der Waals surface area contributed by atoms with Crippen molar-refractivity contribution in [2.75, 3.05) is 30.5 Å². The van der Waals surface area contributed by atoms with Gasteiger partial charge in [-0.1, -0.05) is 63.2 Å². The molecule has 1 heterocycles. The van der Waals surface area contributed by atoms with Gasteiger partial charge in [0.25, 0.3) is 0 Å². The zero-order valence-electron chi connectivity index (χ0n) is 18.8. The molecule has 0 N–H and O–H groups in total. The molecule has 1 aliphatic heterocycles. The Hall–Kier alpha value is -0.940. The standard InChI is InChI=1S/C22H27Cl2FN2S.C3H6/c1-4-26(5-2)12-6-11-22(3)15-27(20-9-8-17(25)14-18(20)22)28-21-10-7-16(23)13-19(21)24;1-2-3-1/h7-10,13-14H,4-6,11-12,15H2,1-3H3;1-3H2. The molecule has 0 spiro atoms. The normalized spacial score (nSPS) is 19.3. The van der Waals surface area contributed by atoms with Crippen molar-refractivity contribution < 1.29 is 4.39 Å². The molecule has 2 aromatic carbocycles. The predicted octanol–water partition coefficient (Wildman–Crippen LogP) is 8.21. The van der Waals surface area contributed by atoms with Crippen LogP contribution in [0.2, 0.25) is 10.0 Å². The van der Waals surface area contributed by atoms with Crippen LogP contribution in [0.25, 0.3) is 0 Å². The fourth-order valence-corrected chi connectivity index (χ4v) is 5.52. The molecule has 1 unspecified atom stereocenters. The number of nitrogens with zero attached hydrogens (tertiary/aromatic N) is 2. The molecular formula is C25H33Cl2FN2S. The lowest BCUT2D eigenvalue weighted by atomic mass is 9.80. The third-order valence-corrected chi connectivity index (χ3v) is 7.68. The summed E-state index contributed by atoms with van der Waals surface area (Å²) in [7, 11) is 0. The van der Waals surface area contributed by atoms with Crippen molar-refractivity contribution in [2.24, 2.45) is 0 Å². The van der Waals surface area contributed by atoms with Crippen molar-refractivity contribution in [3.63, 3.8) is 0 Å². The average Bonchev–Trinajstić information content (AvgIpc) is 3.59. The van der Waals surface area contributed by atoms with E-state index < -0.39 is 0 Å². The Kier molecular flexibility index (Phi) is 8.98. The maximum Gasteiger partial charge on any atom is 0.123 e. The van der Waals surface area contributed by atoms with Gasteiger partial charge >= 0.3 is 0 Å². The topological polar surface area (TPSA) is 6.48 Å². The molecule has 31 heavy (non-hydrogen) atoms. The molecule has 1 aliphatic carbocycles. The van der Waals surface area contributed by atoms with Gasteiger partial charge in [-0.3, -0.25) is 0 Å². The number of hydrogen-bond acceptors (Lipinski definition) is 3. The Morgan fingerprint density at radius 2 is 1.77 bits per heavy atom. The largest absolute Gasteiger partial charge is 0.311 e. The monoisotopic (exact) mass is 482 g/mol. The van der Waals surface area contributed by atoms with Gasteiger partial charge in [-0.2, -0.15) is 0 Å². The van der Waals surface area contributed by atoms with Gasteiger partial charge in [0.15, 0.2) is 0 Å². The van der Waals surface area contributed by atoms with E-state index in [1.807, 2.05) is 18.2 Å². The lowest BCUT2D eigenvalue weighted by Gasteiger charge is -2.27. The quantitative estimate of drug-likeness (QED) is 0.349. The fourth-order valence-electron chi connectivity index (χ4n) is 3.89. The van der Waals surface area contributed by atoms with E-state index in [4.69, 9.17) is 23.2 Å². The molecule has 0 amide bonds. The third kappa shape index (κ3) is 6.77. The van der Waals surface area contributed by atoms with Crippen LogP contribution in [-0.2, 0) is 5.41 Å². The van der Waals surface area contributed by atoms with Gasteiger partial charge in [0.05, 0.1) is 10.7 Å². The molecule has 0 saturated heterocycles. The van der Waals surface area contributed by atoms with Crippen LogP contribution < -0.4 is 4.31 Å². The first-order chi connectivity index (χ1) is 14.9. The van der Waals surface area contributed by atoms with Gasteiger partial charge in [-0.25, -0.2) is 4.39 Å². The number of fused-ring (bicyclic) bond motifs is 1. The SMILES string of the molecule is C1CC1.CCN(CC)CCCC1(C)CN(Sc2ccc(Cl)cc2Cl)c2ccc(F)cc21. The molecule has 1 fully saturated rings. The van der Waals surface area contributed by atoms with Crippen molar-refractivity contribution in [3.8, 4) is 0 Å². The first-order valence-corrected chi connectivity index (χ1v) is 12.8. The maximum absolute atomic E-state index is 14.1. The highest BCUT2D eigenvalue weighted by atomic mass is 35.5. The van der Waals surface area contributed by atoms with Crippen LogP contribution in [0.3, 0.4) is 0 Å². The van der Waals surface area contributed by atoms with E-state index >= 15 is 0 Å². The summed E-state index contributed by atoms with van der Waals surface area (Å²) < 4.78 is 16.3. The molecule has 0 radical (unpaired) electrons. The lowest BCUT2D eigenvalue weighted by molar-refractivity contribution is 0.283. The van der Waals surface area contributed by atoms with Gasteiger partial charge in [-0.05, 0) is 86.4 Å². The molecule has 1 saturated carbocycles. The number of hydrogen-bond donors (Lipinski definition) is 0. The molecule has 2 aromatic rings. The van der Waals surface area contributed by atoms with Crippen LogP contribution in [0.4, 0.5) is 10.1 Å². The van der Waals surface area contributed by atoms with Crippen molar-refractivity contribution in [3.05, 3.63) is 57.8 Å². The molecule has 4 rings (SSSR count). The highest BCUT2D eigenvalue weighted by Gasteiger charge is 2.39. The summed E-state index contributed by atoms with van der Waals surface area (Å²) >= 11 is 14.0. The zero-order valence-corrected chi connectivity index (χ0v) is 21.1. The second kappa shape index (κ2) is 11.3. The summed E-state index contributed by atoms with van der Waals surface area (Å²) in [6.45, 7) is 10.7. The molecule has 170 valence electrons. The smallest absolute Gasteiger partial charge is 0.123 e. The summed E-state index contributed by atoms with van der Waals surface area (Å²) in [5.74, 6) is -0.176. The zero-order chi connectivity index (χ0) is 22.4. The van der Waals surface area contributed by atoms with Crippen LogP contribution in [0, 0.1) is 5.82 Å². The Bertz CT molecular complexity index is 870. The molecule has 2 nitrogen and oxygen atoms in total. The molecule has 1 atom stereocenters. The fraction of sp³-hybridized carbons (Fsp3) is 0.520. The van der Waals surface area contributed by atoms with E-state index in [1.165, 1.54) is 25.3 Å². The number of anilines is 1. The van der Waals surface area contributed by atoms with E-state index in [-0.39, 0.29) is 11.2 Å². The van der Waals surface area contributed by atoms with E-state index in [9.17, 15) is 4.39 Å². The first kappa shape index (κ1) is 24.7. The molecular weight excluding hydrogens is 450 g/mol. The molecule has 2 aliphatic rings. The average molecular weight is 484 g/mol. The number of halogens is 3. The Balaban J connectivity index is 0.000000834. The third-order valence-electron chi connectivity index (χ3n) is 5.92. The minimum atomic E-state index is -0.176.